The molecule has 0 aliphatic carbocycles. The van der Waals surface area contributed by atoms with Gasteiger partial charge in [0.2, 0.25) is 0 Å². The number of aliphatic hydroxyl groups excluding tert-OH is 1. The van der Waals surface area contributed by atoms with Crippen LogP contribution in [0.2, 0.25) is 0 Å². The van der Waals surface area contributed by atoms with Gasteiger partial charge in [0.25, 0.3) is 0 Å². The van der Waals surface area contributed by atoms with E-state index in [4.69, 9.17) is 10.4 Å². The zero-order valence-corrected chi connectivity index (χ0v) is 8.27. The summed E-state index contributed by atoms with van der Waals surface area (Å²) >= 11 is 1.56. The van der Waals surface area contributed by atoms with Gasteiger partial charge >= 0.3 is 0 Å². The van der Waals surface area contributed by atoms with E-state index in [1.807, 2.05) is 11.4 Å². The quantitative estimate of drug-likeness (QED) is 0.758. The van der Waals surface area contributed by atoms with Gasteiger partial charge in [0.15, 0.2) is 0 Å². The van der Waals surface area contributed by atoms with Crippen LogP contribution in [0.3, 0.4) is 0 Å². The molecule has 1 heterocycles. The number of nitrogens with zero attached hydrogens (tertiary/aromatic N) is 1. The standard InChI is InChI=1S/C9H12N2OS/c1-7(12)4-11-5-9-2-8(3-10)6-13-9/h2,6-7,11-12H,4-5H2,1H3. The summed E-state index contributed by atoms with van der Waals surface area (Å²) < 4.78 is 0. The molecule has 3 nitrogen and oxygen atoms in total. The van der Waals surface area contributed by atoms with Gasteiger partial charge < -0.3 is 10.4 Å². The lowest BCUT2D eigenvalue weighted by Crippen LogP contribution is -2.23. The summed E-state index contributed by atoms with van der Waals surface area (Å²) in [5.74, 6) is 0. The lowest BCUT2D eigenvalue weighted by atomic mass is 10.3. The first kappa shape index (κ1) is 10.2. The van der Waals surface area contributed by atoms with Gasteiger partial charge in [0.1, 0.15) is 6.07 Å². The van der Waals surface area contributed by atoms with E-state index in [9.17, 15) is 0 Å². The number of hydrogen-bond acceptors (Lipinski definition) is 4. The Balaban J connectivity index is 2.34. The van der Waals surface area contributed by atoms with Gasteiger partial charge in [0.05, 0.1) is 11.7 Å². The molecule has 1 rings (SSSR count). The van der Waals surface area contributed by atoms with Crippen LogP contribution in [-0.4, -0.2) is 17.8 Å². The highest BCUT2D eigenvalue weighted by Gasteiger charge is 1.99. The van der Waals surface area contributed by atoms with Crippen LogP contribution in [0, 0.1) is 11.3 Å². The summed E-state index contributed by atoms with van der Waals surface area (Å²) in [5.41, 5.74) is 0.707. The SMILES string of the molecule is CC(O)CNCc1cc(C#N)cs1. The van der Waals surface area contributed by atoms with Crippen LogP contribution >= 0.6 is 11.3 Å². The highest BCUT2D eigenvalue weighted by molar-refractivity contribution is 7.10. The molecule has 0 amide bonds. The van der Waals surface area contributed by atoms with Crippen molar-refractivity contribution in [2.45, 2.75) is 19.6 Å². The smallest absolute Gasteiger partial charge is 0.100 e. The van der Waals surface area contributed by atoms with E-state index >= 15 is 0 Å². The van der Waals surface area contributed by atoms with Crippen LogP contribution in [0.4, 0.5) is 0 Å². The maximum Gasteiger partial charge on any atom is 0.100 e. The van der Waals surface area contributed by atoms with Crippen LogP contribution < -0.4 is 5.32 Å². The largest absolute Gasteiger partial charge is 0.392 e. The first-order valence-corrected chi connectivity index (χ1v) is 4.96. The third-order valence-corrected chi connectivity index (χ3v) is 2.46. The number of hydrogen-bond donors (Lipinski definition) is 2. The number of rotatable bonds is 4. The van der Waals surface area contributed by atoms with E-state index in [0.29, 0.717) is 12.1 Å². The Labute approximate surface area is 81.6 Å². The Bertz CT molecular complexity index is 301. The zero-order valence-electron chi connectivity index (χ0n) is 7.45. The number of aliphatic hydroxyl groups is 1. The molecule has 0 aliphatic heterocycles. The predicted octanol–water partition coefficient (Wildman–Crippen LogP) is 1.09. The molecule has 1 aromatic rings. The fourth-order valence-corrected chi connectivity index (χ4v) is 1.72. The summed E-state index contributed by atoms with van der Waals surface area (Å²) in [7, 11) is 0. The molecule has 0 saturated carbocycles. The van der Waals surface area contributed by atoms with Crippen LogP contribution in [0.5, 0.6) is 0 Å². The number of thiophene rings is 1. The van der Waals surface area contributed by atoms with Crippen LogP contribution in [0.1, 0.15) is 17.4 Å². The summed E-state index contributed by atoms with van der Waals surface area (Å²) in [6.45, 7) is 3.04. The minimum Gasteiger partial charge on any atom is -0.392 e. The minimum atomic E-state index is -0.324. The lowest BCUT2D eigenvalue weighted by molar-refractivity contribution is 0.191. The topological polar surface area (TPSA) is 56.0 Å². The Kier molecular flexibility index (Phi) is 3.90. The monoisotopic (exact) mass is 196 g/mol. The second-order valence-electron chi connectivity index (χ2n) is 2.89. The summed E-state index contributed by atoms with van der Waals surface area (Å²) in [5, 5.41) is 22.5. The van der Waals surface area contributed by atoms with E-state index in [1.165, 1.54) is 0 Å². The molecule has 0 spiro atoms. The molecule has 1 atom stereocenters. The second-order valence-corrected chi connectivity index (χ2v) is 3.89. The Morgan fingerprint density at radius 1 is 1.77 bits per heavy atom. The highest BCUT2D eigenvalue weighted by atomic mass is 32.1. The van der Waals surface area contributed by atoms with E-state index in [1.54, 1.807) is 18.3 Å². The summed E-state index contributed by atoms with van der Waals surface area (Å²) in [6.07, 6.45) is -0.324. The molecule has 2 N–H and O–H groups in total. The highest BCUT2D eigenvalue weighted by Crippen LogP contribution is 2.12. The summed E-state index contributed by atoms with van der Waals surface area (Å²) in [4.78, 5) is 1.12. The molecule has 0 bridgehead atoms. The van der Waals surface area contributed by atoms with Crippen molar-refractivity contribution >= 4 is 11.3 Å². The maximum atomic E-state index is 8.97. The van der Waals surface area contributed by atoms with Gasteiger partial charge in [-0.3, -0.25) is 0 Å². The molecule has 1 unspecified atom stereocenters. The fourth-order valence-electron chi connectivity index (χ4n) is 0.936. The van der Waals surface area contributed by atoms with Gasteiger partial charge in [-0.2, -0.15) is 5.26 Å². The average molecular weight is 196 g/mol. The van der Waals surface area contributed by atoms with E-state index in [-0.39, 0.29) is 6.10 Å². The normalized spacial score (nSPS) is 12.4. The van der Waals surface area contributed by atoms with Gasteiger partial charge in [-0.1, -0.05) is 0 Å². The lowest BCUT2D eigenvalue weighted by Gasteiger charge is -2.04. The van der Waals surface area contributed by atoms with E-state index in [0.717, 1.165) is 11.4 Å². The molecule has 13 heavy (non-hydrogen) atoms. The Morgan fingerprint density at radius 3 is 3.08 bits per heavy atom. The minimum absolute atomic E-state index is 0.324. The molecular formula is C9H12N2OS. The predicted molar refractivity (Wildman–Crippen MR) is 52.4 cm³/mol. The molecule has 0 radical (unpaired) electrons. The molecule has 0 aromatic carbocycles. The molecule has 70 valence electrons. The van der Waals surface area contributed by atoms with Gasteiger partial charge in [0, 0.05) is 23.3 Å². The molecule has 0 fully saturated rings. The molecule has 0 saturated heterocycles. The van der Waals surface area contributed by atoms with Crippen molar-refractivity contribution in [3.05, 3.63) is 21.9 Å². The van der Waals surface area contributed by atoms with Crippen molar-refractivity contribution in [3.63, 3.8) is 0 Å². The van der Waals surface area contributed by atoms with Crippen molar-refractivity contribution < 1.29 is 5.11 Å². The Morgan fingerprint density at radius 2 is 2.54 bits per heavy atom. The third kappa shape index (κ3) is 3.55. The van der Waals surface area contributed by atoms with Gasteiger partial charge in [-0.15, -0.1) is 11.3 Å². The van der Waals surface area contributed by atoms with Crippen molar-refractivity contribution in [1.82, 2.24) is 5.32 Å². The molecule has 0 aliphatic rings. The van der Waals surface area contributed by atoms with Crippen molar-refractivity contribution in [2.75, 3.05) is 6.54 Å². The number of nitriles is 1. The van der Waals surface area contributed by atoms with Crippen molar-refractivity contribution in [3.8, 4) is 6.07 Å². The van der Waals surface area contributed by atoms with Crippen LogP contribution in [-0.2, 0) is 6.54 Å². The zero-order chi connectivity index (χ0) is 9.68. The average Bonchev–Trinajstić information content (AvgIpc) is 2.52. The van der Waals surface area contributed by atoms with Gasteiger partial charge in [-0.25, -0.2) is 0 Å². The maximum absolute atomic E-state index is 8.97. The first-order valence-electron chi connectivity index (χ1n) is 4.08. The van der Waals surface area contributed by atoms with E-state index in [2.05, 4.69) is 11.4 Å². The number of nitrogens with one attached hydrogen (secondary N) is 1. The fraction of sp³-hybridized carbons (Fsp3) is 0.444. The van der Waals surface area contributed by atoms with Crippen molar-refractivity contribution in [2.24, 2.45) is 0 Å². The third-order valence-electron chi connectivity index (χ3n) is 1.52. The van der Waals surface area contributed by atoms with E-state index < -0.39 is 0 Å². The first-order chi connectivity index (χ1) is 6.22. The van der Waals surface area contributed by atoms with Crippen molar-refractivity contribution in [1.29, 1.82) is 5.26 Å². The second kappa shape index (κ2) is 4.97. The molecule has 4 heteroatoms. The van der Waals surface area contributed by atoms with Crippen LogP contribution in [0.25, 0.3) is 0 Å². The molecular weight excluding hydrogens is 184 g/mol. The Hall–Kier alpha value is -0.890. The van der Waals surface area contributed by atoms with Crippen LogP contribution in [0.15, 0.2) is 11.4 Å². The van der Waals surface area contributed by atoms with Gasteiger partial charge in [-0.05, 0) is 13.0 Å². The summed E-state index contributed by atoms with van der Waals surface area (Å²) in [6, 6.07) is 3.94. The molecule has 1 aromatic heterocycles.